The molecule has 2 aromatic rings. The summed E-state index contributed by atoms with van der Waals surface area (Å²) in [6.07, 6.45) is 2.06. The minimum absolute atomic E-state index is 0.0632. The van der Waals surface area contributed by atoms with Gasteiger partial charge in [0, 0.05) is 29.2 Å². The predicted octanol–water partition coefficient (Wildman–Crippen LogP) is 3.14. The van der Waals surface area contributed by atoms with E-state index in [0.29, 0.717) is 5.92 Å². The summed E-state index contributed by atoms with van der Waals surface area (Å²) in [5, 5.41) is 3.34. The van der Waals surface area contributed by atoms with Crippen molar-refractivity contribution in [3.8, 4) is 0 Å². The molecule has 1 unspecified atom stereocenters. The molecular formula is C13H19N3S. The van der Waals surface area contributed by atoms with Crippen molar-refractivity contribution in [3.05, 3.63) is 40.1 Å². The number of thiazole rings is 1. The Morgan fingerprint density at radius 2 is 2.18 bits per heavy atom. The van der Waals surface area contributed by atoms with Crippen molar-refractivity contribution < 1.29 is 0 Å². The Hall–Kier alpha value is -1.13. The number of nitrogens with two attached hydrogens (primary N) is 1. The first-order chi connectivity index (χ1) is 8.08. The van der Waals surface area contributed by atoms with E-state index in [0.717, 1.165) is 17.9 Å². The number of hydrogen-bond acceptors (Lipinski definition) is 3. The van der Waals surface area contributed by atoms with Crippen LogP contribution in [-0.4, -0.2) is 9.55 Å². The molecule has 0 aliphatic carbocycles. The summed E-state index contributed by atoms with van der Waals surface area (Å²) in [4.78, 5) is 4.64. The van der Waals surface area contributed by atoms with Gasteiger partial charge in [0.25, 0.3) is 0 Å². The molecule has 0 spiro atoms. The van der Waals surface area contributed by atoms with E-state index < -0.39 is 0 Å². The standard InChI is InChI=1S/C13H19N3S/c1-9(2)13-15-11(8-17-13)7-16-6-4-5-12(16)10(3)14/h4-6,8-10H,7,14H2,1-3H3. The fourth-order valence-electron chi connectivity index (χ4n) is 1.82. The second kappa shape index (κ2) is 5.02. The second-order valence-electron chi connectivity index (χ2n) is 4.68. The molecule has 0 aliphatic heterocycles. The Morgan fingerprint density at radius 3 is 2.76 bits per heavy atom. The molecule has 0 radical (unpaired) electrons. The molecule has 1 atom stereocenters. The zero-order valence-electron chi connectivity index (χ0n) is 10.6. The van der Waals surface area contributed by atoms with Gasteiger partial charge in [-0.1, -0.05) is 13.8 Å². The highest BCUT2D eigenvalue weighted by molar-refractivity contribution is 7.09. The van der Waals surface area contributed by atoms with Crippen LogP contribution in [0, 0.1) is 0 Å². The van der Waals surface area contributed by atoms with Crippen LogP contribution in [0.1, 0.15) is 49.1 Å². The minimum Gasteiger partial charge on any atom is -0.344 e. The van der Waals surface area contributed by atoms with Gasteiger partial charge in [-0.3, -0.25) is 0 Å². The van der Waals surface area contributed by atoms with Gasteiger partial charge < -0.3 is 10.3 Å². The van der Waals surface area contributed by atoms with E-state index in [9.17, 15) is 0 Å². The largest absolute Gasteiger partial charge is 0.344 e. The average molecular weight is 249 g/mol. The summed E-state index contributed by atoms with van der Waals surface area (Å²) in [5.74, 6) is 0.506. The molecule has 0 fully saturated rings. The molecule has 0 aromatic carbocycles. The van der Waals surface area contributed by atoms with Crippen LogP contribution in [0.2, 0.25) is 0 Å². The van der Waals surface area contributed by atoms with Crippen LogP contribution < -0.4 is 5.73 Å². The average Bonchev–Trinajstić information content (AvgIpc) is 2.86. The predicted molar refractivity (Wildman–Crippen MR) is 72.3 cm³/mol. The highest BCUT2D eigenvalue weighted by Crippen LogP contribution is 2.20. The Kier molecular flexibility index (Phi) is 3.64. The summed E-state index contributed by atoms with van der Waals surface area (Å²) in [7, 11) is 0. The van der Waals surface area contributed by atoms with Crippen LogP contribution in [0.5, 0.6) is 0 Å². The van der Waals surface area contributed by atoms with E-state index in [1.54, 1.807) is 11.3 Å². The fourth-order valence-corrected chi connectivity index (χ4v) is 2.65. The summed E-state index contributed by atoms with van der Waals surface area (Å²) < 4.78 is 2.17. The van der Waals surface area contributed by atoms with Gasteiger partial charge in [-0.15, -0.1) is 11.3 Å². The van der Waals surface area contributed by atoms with Crippen molar-refractivity contribution >= 4 is 11.3 Å². The molecule has 4 heteroatoms. The molecule has 17 heavy (non-hydrogen) atoms. The molecule has 2 heterocycles. The van der Waals surface area contributed by atoms with E-state index in [2.05, 4.69) is 41.0 Å². The van der Waals surface area contributed by atoms with E-state index in [1.165, 1.54) is 5.01 Å². The lowest BCUT2D eigenvalue weighted by molar-refractivity contribution is 0.666. The Morgan fingerprint density at radius 1 is 1.41 bits per heavy atom. The number of nitrogens with zero attached hydrogens (tertiary/aromatic N) is 2. The lowest BCUT2D eigenvalue weighted by atomic mass is 10.2. The molecule has 2 N–H and O–H groups in total. The zero-order valence-corrected chi connectivity index (χ0v) is 11.4. The number of rotatable bonds is 4. The summed E-state index contributed by atoms with van der Waals surface area (Å²) >= 11 is 1.74. The summed E-state index contributed by atoms with van der Waals surface area (Å²) in [5.41, 5.74) is 8.21. The van der Waals surface area contributed by atoms with Gasteiger partial charge in [-0.2, -0.15) is 0 Å². The fraction of sp³-hybridized carbons (Fsp3) is 0.462. The molecular weight excluding hydrogens is 230 g/mol. The van der Waals surface area contributed by atoms with Crippen LogP contribution in [-0.2, 0) is 6.54 Å². The van der Waals surface area contributed by atoms with Crippen molar-refractivity contribution in [1.82, 2.24) is 9.55 Å². The smallest absolute Gasteiger partial charge is 0.0954 e. The van der Waals surface area contributed by atoms with Crippen LogP contribution >= 0.6 is 11.3 Å². The third-order valence-corrected chi connectivity index (χ3v) is 3.92. The maximum Gasteiger partial charge on any atom is 0.0954 e. The van der Waals surface area contributed by atoms with E-state index >= 15 is 0 Å². The monoisotopic (exact) mass is 249 g/mol. The quantitative estimate of drug-likeness (QED) is 0.904. The topological polar surface area (TPSA) is 43.8 Å². The Labute approximate surface area is 106 Å². The molecule has 0 saturated carbocycles. The molecule has 2 rings (SSSR count). The zero-order chi connectivity index (χ0) is 12.4. The van der Waals surface area contributed by atoms with Crippen molar-refractivity contribution in [2.45, 2.75) is 39.3 Å². The summed E-state index contributed by atoms with van der Waals surface area (Å²) in [6, 6.07) is 4.17. The first kappa shape index (κ1) is 12.3. The van der Waals surface area contributed by atoms with Gasteiger partial charge in [0.1, 0.15) is 0 Å². The molecule has 0 saturated heterocycles. The minimum atomic E-state index is 0.0632. The third kappa shape index (κ3) is 2.76. The van der Waals surface area contributed by atoms with Crippen molar-refractivity contribution in [2.75, 3.05) is 0 Å². The van der Waals surface area contributed by atoms with Gasteiger partial charge in [-0.25, -0.2) is 4.98 Å². The first-order valence-corrected chi connectivity index (χ1v) is 6.81. The van der Waals surface area contributed by atoms with Crippen LogP contribution in [0.25, 0.3) is 0 Å². The number of aromatic nitrogens is 2. The van der Waals surface area contributed by atoms with Crippen molar-refractivity contribution in [1.29, 1.82) is 0 Å². The highest BCUT2D eigenvalue weighted by atomic mass is 32.1. The van der Waals surface area contributed by atoms with E-state index in [4.69, 9.17) is 5.73 Å². The van der Waals surface area contributed by atoms with Crippen LogP contribution in [0.3, 0.4) is 0 Å². The van der Waals surface area contributed by atoms with Gasteiger partial charge in [-0.05, 0) is 19.1 Å². The lowest BCUT2D eigenvalue weighted by Crippen LogP contribution is -2.12. The second-order valence-corrected chi connectivity index (χ2v) is 5.57. The van der Waals surface area contributed by atoms with Gasteiger partial charge in [0.05, 0.1) is 17.2 Å². The van der Waals surface area contributed by atoms with E-state index in [-0.39, 0.29) is 6.04 Å². The van der Waals surface area contributed by atoms with Crippen molar-refractivity contribution in [3.63, 3.8) is 0 Å². The normalized spacial score (nSPS) is 13.2. The highest BCUT2D eigenvalue weighted by Gasteiger charge is 2.09. The summed E-state index contributed by atoms with van der Waals surface area (Å²) in [6.45, 7) is 7.16. The van der Waals surface area contributed by atoms with Gasteiger partial charge >= 0.3 is 0 Å². The molecule has 0 aliphatic rings. The van der Waals surface area contributed by atoms with Gasteiger partial charge in [0.2, 0.25) is 0 Å². The van der Waals surface area contributed by atoms with Crippen LogP contribution in [0.4, 0.5) is 0 Å². The van der Waals surface area contributed by atoms with Crippen LogP contribution in [0.15, 0.2) is 23.7 Å². The Balaban J connectivity index is 2.17. The molecule has 2 aromatic heterocycles. The lowest BCUT2D eigenvalue weighted by Gasteiger charge is -2.10. The molecule has 92 valence electrons. The number of hydrogen-bond donors (Lipinski definition) is 1. The Bertz CT molecular complexity index is 482. The van der Waals surface area contributed by atoms with E-state index in [1.807, 2.05) is 13.0 Å². The third-order valence-electron chi connectivity index (χ3n) is 2.73. The molecule has 3 nitrogen and oxygen atoms in total. The first-order valence-electron chi connectivity index (χ1n) is 5.93. The molecule has 0 bridgehead atoms. The van der Waals surface area contributed by atoms with Gasteiger partial charge in [0.15, 0.2) is 0 Å². The van der Waals surface area contributed by atoms with Crippen molar-refractivity contribution in [2.24, 2.45) is 5.73 Å². The maximum atomic E-state index is 5.93. The SMILES string of the molecule is CC(C)c1nc(Cn2cccc2C(C)N)cs1. The molecule has 0 amide bonds. The maximum absolute atomic E-state index is 5.93.